The Morgan fingerprint density at radius 1 is 1.30 bits per heavy atom. The highest BCUT2D eigenvalue weighted by Gasteiger charge is 2.24. The lowest BCUT2D eigenvalue weighted by atomic mass is 9.90. The van der Waals surface area contributed by atoms with Gasteiger partial charge in [-0.3, -0.25) is 4.90 Å². The first kappa shape index (κ1) is 16.0. The van der Waals surface area contributed by atoms with Gasteiger partial charge in [-0.25, -0.2) is 4.98 Å². The molecule has 0 aliphatic heterocycles. The van der Waals surface area contributed by atoms with Crippen LogP contribution in [0.4, 0.5) is 0 Å². The summed E-state index contributed by atoms with van der Waals surface area (Å²) in [4.78, 5) is 6.75. The van der Waals surface area contributed by atoms with Crippen molar-refractivity contribution in [2.45, 2.75) is 58.2 Å². The van der Waals surface area contributed by atoms with Crippen LogP contribution in [0.25, 0.3) is 0 Å². The van der Waals surface area contributed by atoms with Crippen molar-refractivity contribution in [1.29, 1.82) is 0 Å². The summed E-state index contributed by atoms with van der Waals surface area (Å²) in [5.74, 6) is 0. The molecule has 1 aliphatic rings. The van der Waals surface area contributed by atoms with Gasteiger partial charge in [-0.15, -0.1) is 0 Å². The lowest BCUT2D eigenvalue weighted by Gasteiger charge is -2.35. The molecular weight excluding hydrogens is 293 g/mol. The molecule has 1 heterocycles. The molecule has 2 N–H and O–H groups in total. The summed E-state index contributed by atoms with van der Waals surface area (Å²) < 4.78 is 0. The third-order valence-corrected chi connectivity index (χ3v) is 4.82. The highest BCUT2D eigenvalue weighted by molar-refractivity contribution is 6.35. The summed E-state index contributed by atoms with van der Waals surface area (Å²) in [5, 5.41) is 1.24. The number of halogens is 2. The molecule has 1 fully saturated rings. The number of nitrogens with two attached hydrogens (primary N) is 1. The average Bonchev–Trinajstić information content (AvgIpc) is 2.39. The molecule has 112 valence electrons. The zero-order chi connectivity index (χ0) is 14.7. The second-order valence-electron chi connectivity index (χ2n) is 5.65. The molecule has 0 saturated heterocycles. The first-order chi connectivity index (χ1) is 9.51. The quantitative estimate of drug-likeness (QED) is 0.859. The van der Waals surface area contributed by atoms with Gasteiger partial charge in [-0.2, -0.15) is 0 Å². The smallest absolute Gasteiger partial charge is 0.135 e. The molecule has 3 nitrogen and oxygen atoms in total. The number of aryl methyl sites for hydroxylation is 1. The second-order valence-corrected chi connectivity index (χ2v) is 6.41. The Hall–Kier alpha value is -0.350. The molecule has 0 bridgehead atoms. The van der Waals surface area contributed by atoms with Gasteiger partial charge in [-0.05, 0) is 45.2 Å². The van der Waals surface area contributed by atoms with E-state index in [0.717, 1.165) is 50.0 Å². The second kappa shape index (κ2) is 7.08. The van der Waals surface area contributed by atoms with Crippen LogP contribution in [0.5, 0.6) is 0 Å². The molecule has 20 heavy (non-hydrogen) atoms. The maximum absolute atomic E-state index is 6.33. The minimum atomic E-state index is 0.373. The minimum Gasteiger partial charge on any atom is -0.328 e. The van der Waals surface area contributed by atoms with Crippen LogP contribution in [0, 0.1) is 6.92 Å². The SMILES string of the molecule is CCN(Cc1c(Cl)cc(C)nc1Cl)C1CCC(N)CC1. The molecule has 1 aliphatic carbocycles. The highest BCUT2D eigenvalue weighted by Crippen LogP contribution is 2.29. The van der Waals surface area contributed by atoms with E-state index in [2.05, 4.69) is 16.8 Å². The van der Waals surface area contributed by atoms with E-state index in [0.29, 0.717) is 22.3 Å². The van der Waals surface area contributed by atoms with E-state index in [1.165, 1.54) is 0 Å². The lowest BCUT2D eigenvalue weighted by Crippen LogP contribution is -2.40. The van der Waals surface area contributed by atoms with Crippen molar-refractivity contribution >= 4 is 23.2 Å². The van der Waals surface area contributed by atoms with Crippen LogP contribution in [0.1, 0.15) is 43.9 Å². The van der Waals surface area contributed by atoms with Crippen LogP contribution in [-0.2, 0) is 6.54 Å². The molecule has 0 aromatic carbocycles. The molecule has 0 amide bonds. The van der Waals surface area contributed by atoms with E-state index in [4.69, 9.17) is 28.9 Å². The number of nitrogens with zero attached hydrogens (tertiary/aromatic N) is 2. The Balaban J connectivity index is 2.10. The van der Waals surface area contributed by atoms with Crippen LogP contribution in [-0.4, -0.2) is 28.5 Å². The van der Waals surface area contributed by atoms with Crippen molar-refractivity contribution in [3.8, 4) is 0 Å². The van der Waals surface area contributed by atoms with Crippen LogP contribution >= 0.6 is 23.2 Å². The van der Waals surface area contributed by atoms with Gasteiger partial charge >= 0.3 is 0 Å². The molecule has 1 aromatic rings. The molecule has 1 saturated carbocycles. The van der Waals surface area contributed by atoms with Crippen molar-refractivity contribution in [1.82, 2.24) is 9.88 Å². The Morgan fingerprint density at radius 3 is 2.50 bits per heavy atom. The summed E-state index contributed by atoms with van der Waals surface area (Å²) in [6, 6.07) is 2.83. The lowest BCUT2D eigenvalue weighted by molar-refractivity contribution is 0.149. The number of rotatable bonds is 4. The average molecular weight is 316 g/mol. The van der Waals surface area contributed by atoms with Gasteiger partial charge in [-0.1, -0.05) is 30.1 Å². The van der Waals surface area contributed by atoms with Crippen molar-refractivity contribution < 1.29 is 0 Å². The van der Waals surface area contributed by atoms with Crippen molar-refractivity contribution in [2.24, 2.45) is 5.73 Å². The van der Waals surface area contributed by atoms with Gasteiger partial charge in [0, 0.05) is 34.9 Å². The minimum absolute atomic E-state index is 0.373. The topological polar surface area (TPSA) is 42.2 Å². The van der Waals surface area contributed by atoms with Gasteiger partial charge in [0.2, 0.25) is 0 Å². The third kappa shape index (κ3) is 3.85. The van der Waals surface area contributed by atoms with Crippen LogP contribution < -0.4 is 5.73 Å². The van der Waals surface area contributed by atoms with Gasteiger partial charge in [0.15, 0.2) is 0 Å². The van der Waals surface area contributed by atoms with Gasteiger partial charge in [0.25, 0.3) is 0 Å². The fourth-order valence-electron chi connectivity index (χ4n) is 2.93. The van der Waals surface area contributed by atoms with E-state index in [1.54, 1.807) is 0 Å². The van der Waals surface area contributed by atoms with E-state index >= 15 is 0 Å². The summed E-state index contributed by atoms with van der Waals surface area (Å²) in [5.41, 5.74) is 7.78. The van der Waals surface area contributed by atoms with Gasteiger partial charge < -0.3 is 5.73 Å². The number of hydrogen-bond donors (Lipinski definition) is 1. The monoisotopic (exact) mass is 315 g/mol. The predicted molar refractivity (Wildman–Crippen MR) is 85.3 cm³/mol. The molecule has 2 rings (SSSR count). The Labute approximate surface area is 131 Å². The van der Waals surface area contributed by atoms with E-state index in [-0.39, 0.29) is 0 Å². The Bertz CT molecular complexity index is 433. The van der Waals surface area contributed by atoms with E-state index < -0.39 is 0 Å². The number of pyridine rings is 1. The van der Waals surface area contributed by atoms with Crippen molar-refractivity contribution in [2.75, 3.05) is 6.54 Å². The fraction of sp³-hybridized carbons (Fsp3) is 0.667. The largest absolute Gasteiger partial charge is 0.328 e. The third-order valence-electron chi connectivity index (χ3n) is 4.17. The van der Waals surface area contributed by atoms with Gasteiger partial charge in [0.1, 0.15) is 5.15 Å². The van der Waals surface area contributed by atoms with Crippen molar-refractivity contribution in [3.63, 3.8) is 0 Å². The molecule has 0 spiro atoms. The van der Waals surface area contributed by atoms with E-state index in [9.17, 15) is 0 Å². The van der Waals surface area contributed by atoms with E-state index in [1.807, 2.05) is 13.0 Å². The van der Waals surface area contributed by atoms with Crippen LogP contribution in [0.2, 0.25) is 10.2 Å². The van der Waals surface area contributed by atoms with Crippen LogP contribution in [0.3, 0.4) is 0 Å². The first-order valence-electron chi connectivity index (χ1n) is 7.32. The molecule has 0 radical (unpaired) electrons. The summed E-state index contributed by atoms with van der Waals surface area (Å²) in [7, 11) is 0. The summed E-state index contributed by atoms with van der Waals surface area (Å²) >= 11 is 12.6. The normalized spacial score (nSPS) is 23.3. The molecular formula is C15H23Cl2N3. The van der Waals surface area contributed by atoms with Crippen molar-refractivity contribution in [3.05, 3.63) is 27.5 Å². The summed E-state index contributed by atoms with van der Waals surface area (Å²) in [6.45, 7) is 5.83. The maximum Gasteiger partial charge on any atom is 0.135 e. The number of hydrogen-bond acceptors (Lipinski definition) is 3. The molecule has 5 heteroatoms. The molecule has 0 unspecified atom stereocenters. The zero-order valence-electron chi connectivity index (χ0n) is 12.2. The first-order valence-corrected chi connectivity index (χ1v) is 8.08. The fourth-order valence-corrected chi connectivity index (χ4v) is 3.58. The van der Waals surface area contributed by atoms with Crippen LogP contribution in [0.15, 0.2) is 6.07 Å². The molecule has 1 aromatic heterocycles. The predicted octanol–water partition coefficient (Wildman–Crippen LogP) is 3.79. The highest BCUT2D eigenvalue weighted by atomic mass is 35.5. The molecule has 0 atom stereocenters. The summed E-state index contributed by atoms with van der Waals surface area (Å²) in [6.07, 6.45) is 4.52. The standard InChI is InChI=1S/C15H23Cl2N3/c1-3-20(12-6-4-11(18)5-7-12)9-13-14(16)8-10(2)19-15(13)17/h8,11-12H,3-7,9,18H2,1-2H3. The maximum atomic E-state index is 6.33. The Morgan fingerprint density at radius 2 is 1.95 bits per heavy atom. The number of aromatic nitrogens is 1. The van der Waals surface area contributed by atoms with Gasteiger partial charge in [0.05, 0.1) is 0 Å². The zero-order valence-corrected chi connectivity index (χ0v) is 13.7. The Kier molecular flexibility index (Phi) is 5.67.